The fraction of sp³-hybridized carbons (Fsp3) is 0.222. The van der Waals surface area contributed by atoms with Crippen LogP contribution in [0.15, 0.2) is 24.4 Å². The fourth-order valence-corrected chi connectivity index (χ4v) is 1.35. The van der Waals surface area contributed by atoms with Gasteiger partial charge in [-0.15, -0.1) is 13.2 Å². The largest absolute Gasteiger partial charge is 0.505 e. The summed E-state index contributed by atoms with van der Waals surface area (Å²) in [6.45, 7) is 1.82. The first kappa shape index (κ1) is 9.05. The van der Waals surface area contributed by atoms with E-state index in [4.69, 9.17) is 0 Å². The predicted molar refractivity (Wildman–Crippen MR) is 45.8 cm³/mol. The zero-order chi connectivity index (χ0) is 10.3. The van der Waals surface area contributed by atoms with Gasteiger partial charge in [0.05, 0.1) is 11.7 Å². The number of halogens is 3. The van der Waals surface area contributed by atoms with Crippen LogP contribution in [0.25, 0.3) is 10.9 Å². The van der Waals surface area contributed by atoms with Crippen LogP contribution in [-0.4, -0.2) is 9.78 Å². The highest BCUT2D eigenvalue weighted by Crippen LogP contribution is 2.26. The van der Waals surface area contributed by atoms with Gasteiger partial charge in [-0.2, -0.15) is 9.78 Å². The molecule has 0 spiro atoms. The number of nitrogens with zero attached hydrogens (tertiary/aromatic N) is 2. The second-order valence-corrected chi connectivity index (χ2v) is 3.09. The minimum atomic E-state index is -4.45. The molecular formula is C9H7F3N2. The van der Waals surface area contributed by atoms with Gasteiger partial charge in [0.25, 0.3) is 0 Å². The first-order chi connectivity index (χ1) is 6.48. The van der Waals surface area contributed by atoms with Gasteiger partial charge in [-0.25, -0.2) is 0 Å². The monoisotopic (exact) mass is 200 g/mol. The molecule has 14 heavy (non-hydrogen) atoms. The molecule has 1 aromatic carbocycles. The highest BCUT2D eigenvalue weighted by molar-refractivity contribution is 5.79. The van der Waals surface area contributed by atoms with Gasteiger partial charge in [-0.05, 0) is 19.1 Å². The summed E-state index contributed by atoms with van der Waals surface area (Å²) in [6, 6.07) is 4.72. The maximum Gasteiger partial charge on any atom is 0.505 e. The summed E-state index contributed by atoms with van der Waals surface area (Å²) < 4.78 is 37.1. The number of rotatable bonds is 0. The van der Waals surface area contributed by atoms with Gasteiger partial charge in [0.2, 0.25) is 0 Å². The minimum Gasteiger partial charge on any atom is -0.173 e. The SMILES string of the molecule is Cc1ccc2c(cnn2C(F)(F)F)c1. The average Bonchev–Trinajstić information content (AvgIpc) is 2.45. The molecule has 0 saturated carbocycles. The molecule has 0 radical (unpaired) electrons. The Morgan fingerprint density at radius 2 is 2.00 bits per heavy atom. The van der Waals surface area contributed by atoms with Gasteiger partial charge in [0.1, 0.15) is 0 Å². The van der Waals surface area contributed by atoms with Crippen LogP contribution >= 0.6 is 0 Å². The highest BCUT2D eigenvalue weighted by Gasteiger charge is 2.33. The van der Waals surface area contributed by atoms with Crippen LogP contribution < -0.4 is 0 Å². The zero-order valence-corrected chi connectivity index (χ0v) is 7.34. The number of fused-ring (bicyclic) bond motifs is 1. The molecule has 0 bridgehead atoms. The van der Waals surface area contributed by atoms with Crippen LogP contribution in [-0.2, 0) is 6.30 Å². The van der Waals surface area contributed by atoms with E-state index in [9.17, 15) is 13.2 Å². The van der Waals surface area contributed by atoms with Crippen LogP contribution in [0, 0.1) is 6.92 Å². The quantitative estimate of drug-likeness (QED) is 0.639. The molecule has 74 valence electrons. The third-order valence-corrected chi connectivity index (χ3v) is 1.96. The third kappa shape index (κ3) is 1.34. The van der Waals surface area contributed by atoms with E-state index < -0.39 is 6.30 Å². The average molecular weight is 200 g/mol. The Morgan fingerprint density at radius 3 is 2.64 bits per heavy atom. The van der Waals surface area contributed by atoms with Crippen molar-refractivity contribution in [1.29, 1.82) is 0 Å². The molecule has 2 nitrogen and oxygen atoms in total. The Balaban J connectivity index is 2.70. The van der Waals surface area contributed by atoms with Crippen molar-refractivity contribution in [3.63, 3.8) is 0 Å². The predicted octanol–water partition coefficient (Wildman–Crippen LogP) is 2.82. The van der Waals surface area contributed by atoms with Gasteiger partial charge in [-0.3, -0.25) is 0 Å². The van der Waals surface area contributed by atoms with Crippen molar-refractivity contribution in [2.45, 2.75) is 13.2 Å². The van der Waals surface area contributed by atoms with Gasteiger partial charge >= 0.3 is 6.30 Å². The Morgan fingerprint density at radius 1 is 1.29 bits per heavy atom. The van der Waals surface area contributed by atoms with Crippen LogP contribution in [0.3, 0.4) is 0 Å². The lowest BCUT2D eigenvalue weighted by atomic mass is 10.2. The summed E-state index contributed by atoms with van der Waals surface area (Å²) in [5, 5.41) is 3.80. The van der Waals surface area contributed by atoms with Crippen molar-refractivity contribution in [3.05, 3.63) is 30.0 Å². The van der Waals surface area contributed by atoms with E-state index >= 15 is 0 Å². The van der Waals surface area contributed by atoms with E-state index in [-0.39, 0.29) is 10.2 Å². The van der Waals surface area contributed by atoms with E-state index in [1.54, 1.807) is 12.1 Å². The van der Waals surface area contributed by atoms with Crippen molar-refractivity contribution in [1.82, 2.24) is 9.78 Å². The Labute approximate surface area is 77.9 Å². The molecule has 0 N–H and O–H groups in total. The maximum absolute atomic E-state index is 12.4. The number of benzene rings is 1. The Bertz CT molecular complexity index is 470. The first-order valence-electron chi connectivity index (χ1n) is 4.00. The topological polar surface area (TPSA) is 17.8 Å². The molecule has 0 aliphatic rings. The molecule has 0 fully saturated rings. The highest BCUT2D eigenvalue weighted by atomic mass is 19.4. The fourth-order valence-electron chi connectivity index (χ4n) is 1.35. The molecule has 2 aromatic rings. The number of alkyl halides is 3. The van der Waals surface area contributed by atoms with E-state index in [2.05, 4.69) is 5.10 Å². The first-order valence-corrected chi connectivity index (χ1v) is 4.00. The normalized spacial score (nSPS) is 12.3. The van der Waals surface area contributed by atoms with Crippen molar-refractivity contribution >= 4 is 10.9 Å². The minimum absolute atomic E-state index is 0.0712. The van der Waals surface area contributed by atoms with Crippen LogP contribution in [0.1, 0.15) is 5.56 Å². The molecule has 0 aliphatic carbocycles. The van der Waals surface area contributed by atoms with Gasteiger partial charge in [0.15, 0.2) is 0 Å². The Kier molecular flexibility index (Phi) is 1.77. The molecule has 0 unspecified atom stereocenters. The molecule has 0 amide bonds. The van der Waals surface area contributed by atoms with Gasteiger partial charge in [-0.1, -0.05) is 11.6 Å². The second-order valence-electron chi connectivity index (χ2n) is 3.09. The summed E-state index contributed by atoms with van der Waals surface area (Å²) in [7, 11) is 0. The summed E-state index contributed by atoms with van der Waals surface area (Å²) in [6.07, 6.45) is -3.23. The Hall–Kier alpha value is -1.52. The molecular weight excluding hydrogens is 193 g/mol. The standard InChI is InChI=1S/C9H7F3N2/c1-6-2-3-8-7(4-6)5-13-14(8)9(10,11)12/h2-5H,1H3. The van der Waals surface area contributed by atoms with Crippen molar-refractivity contribution in [3.8, 4) is 0 Å². The maximum atomic E-state index is 12.4. The third-order valence-electron chi connectivity index (χ3n) is 1.96. The summed E-state index contributed by atoms with van der Waals surface area (Å²) in [4.78, 5) is 0. The number of aromatic nitrogens is 2. The second kappa shape index (κ2) is 2.73. The van der Waals surface area contributed by atoms with Crippen molar-refractivity contribution in [2.24, 2.45) is 0 Å². The van der Waals surface area contributed by atoms with E-state index in [1.807, 2.05) is 6.92 Å². The molecule has 1 aromatic heterocycles. The van der Waals surface area contributed by atoms with Gasteiger partial charge < -0.3 is 0 Å². The molecule has 0 saturated heterocycles. The summed E-state index contributed by atoms with van der Waals surface area (Å²) >= 11 is 0. The van der Waals surface area contributed by atoms with Crippen LogP contribution in [0.4, 0.5) is 13.2 Å². The molecule has 0 atom stereocenters. The van der Waals surface area contributed by atoms with Crippen molar-refractivity contribution in [2.75, 3.05) is 0 Å². The molecule has 5 heteroatoms. The van der Waals surface area contributed by atoms with E-state index in [1.165, 1.54) is 12.3 Å². The summed E-state index contributed by atoms with van der Waals surface area (Å²) in [5.74, 6) is 0. The lowest BCUT2D eigenvalue weighted by molar-refractivity contribution is -0.209. The zero-order valence-electron chi connectivity index (χ0n) is 7.34. The smallest absolute Gasteiger partial charge is 0.173 e. The van der Waals surface area contributed by atoms with Gasteiger partial charge in [0, 0.05) is 5.39 Å². The lowest BCUT2D eigenvalue weighted by Crippen LogP contribution is -2.17. The molecule has 0 aliphatic heterocycles. The number of hydrogen-bond donors (Lipinski definition) is 0. The van der Waals surface area contributed by atoms with E-state index in [0.717, 1.165) is 5.56 Å². The van der Waals surface area contributed by atoms with E-state index in [0.29, 0.717) is 5.39 Å². The number of hydrogen-bond acceptors (Lipinski definition) is 1. The van der Waals surface area contributed by atoms with Crippen LogP contribution in [0.5, 0.6) is 0 Å². The van der Waals surface area contributed by atoms with Crippen molar-refractivity contribution < 1.29 is 13.2 Å². The lowest BCUT2D eigenvalue weighted by Gasteiger charge is -2.06. The number of aryl methyl sites for hydroxylation is 1. The molecule has 2 rings (SSSR count). The molecule has 1 heterocycles. The van der Waals surface area contributed by atoms with Crippen LogP contribution in [0.2, 0.25) is 0 Å². The summed E-state index contributed by atoms with van der Waals surface area (Å²) in [5.41, 5.74) is 1.00.